The van der Waals surface area contributed by atoms with Crippen molar-refractivity contribution in [3.05, 3.63) is 65.2 Å². The van der Waals surface area contributed by atoms with Crippen LogP contribution in [0.1, 0.15) is 21.5 Å². The van der Waals surface area contributed by atoms with Gasteiger partial charge in [-0.3, -0.25) is 4.79 Å². The van der Waals surface area contributed by atoms with Crippen molar-refractivity contribution in [3.63, 3.8) is 0 Å². The van der Waals surface area contributed by atoms with E-state index in [1.54, 1.807) is 24.3 Å². The maximum atomic E-state index is 12.4. The Balaban J connectivity index is 1.98. The molecule has 21 heavy (non-hydrogen) atoms. The Morgan fingerprint density at radius 1 is 1.00 bits per heavy atom. The number of rotatable bonds is 4. The zero-order valence-electron chi connectivity index (χ0n) is 10.9. The van der Waals surface area contributed by atoms with E-state index in [2.05, 4.69) is 5.32 Å². The first-order valence-corrected chi connectivity index (χ1v) is 6.16. The molecular formula is C15H13F3N2O. The molecule has 0 saturated carbocycles. The first-order valence-electron chi connectivity index (χ1n) is 6.16. The molecular weight excluding hydrogens is 281 g/mol. The van der Waals surface area contributed by atoms with Crippen LogP contribution in [0, 0.1) is 0 Å². The number of halogens is 3. The number of benzene rings is 2. The van der Waals surface area contributed by atoms with Crippen molar-refractivity contribution in [1.29, 1.82) is 0 Å². The normalized spacial score (nSPS) is 11.2. The predicted molar refractivity (Wildman–Crippen MR) is 73.7 cm³/mol. The molecule has 2 aromatic carbocycles. The summed E-state index contributed by atoms with van der Waals surface area (Å²) in [6, 6.07) is 11.5. The third-order valence-electron chi connectivity index (χ3n) is 2.95. The third-order valence-corrected chi connectivity index (χ3v) is 2.95. The van der Waals surface area contributed by atoms with Gasteiger partial charge in [0.05, 0.1) is 5.56 Å². The largest absolute Gasteiger partial charge is 0.416 e. The van der Waals surface area contributed by atoms with Crippen molar-refractivity contribution in [3.8, 4) is 0 Å². The fourth-order valence-electron chi connectivity index (χ4n) is 1.77. The van der Waals surface area contributed by atoms with Crippen LogP contribution in [0.4, 0.5) is 18.9 Å². The Hall–Kier alpha value is -2.50. The molecule has 0 aliphatic heterocycles. The van der Waals surface area contributed by atoms with Crippen LogP contribution in [-0.4, -0.2) is 5.91 Å². The lowest BCUT2D eigenvalue weighted by molar-refractivity contribution is -0.137. The molecule has 0 spiro atoms. The van der Waals surface area contributed by atoms with Crippen molar-refractivity contribution < 1.29 is 18.0 Å². The number of alkyl halides is 3. The van der Waals surface area contributed by atoms with E-state index in [1.165, 1.54) is 12.1 Å². The molecule has 0 fully saturated rings. The molecule has 0 aromatic heterocycles. The molecule has 0 heterocycles. The van der Waals surface area contributed by atoms with Gasteiger partial charge in [-0.25, -0.2) is 0 Å². The van der Waals surface area contributed by atoms with Gasteiger partial charge < -0.3 is 11.1 Å². The van der Waals surface area contributed by atoms with Crippen LogP contribution in [0.5, 0.6) is 0 Å². The Kier molecular flexibility index (Phi) is 4.16. The van der Waals surface area contributed by atoms with Crippen LogP contribution in [0.15, 0.2) is 48.5 Å². The summed E-state index contributed by atoms with van der Waals surface area (Å²) in [7, 11) is 0. The van der Waals surface area contributed by atoms with Crippen LogP contribution in [0.2, 0.25) is 0 Å². The van der Waals surface area contributed by atoms with Crippen molar-refractivity contribution in [1.82, 2.24) is 0 Å². The lowest BCUT2D eigenvalue weighted by Gasteiger charge is -2.09. The highest BCUT2D eigenvalue weighted by Gasteiger charge is 2.29. The number of hydrogen-bond acceptors (Lipinski definition) is 2. The zero-order valence-corrected chi connectivity index (χ0v) is 10.9. The smallest absolute Gasteiger partial charge is 0.381 e. The predicted octanol–water partition coefficient (Wildman–Crippen LogP) is 3.42. The number of nitrogens with one attached hydrogen (secondary N) is 1. The number of carbonyl (C=O) groups is 1. The van der Waals surface area contributed by atoms with Crippen molar-refractivity contribution in [2.45, 2.75) is 12.7 Å². The molecule has 0 bridgehead atoms. The first kappa shape index (κ1) is 14.9. The van der Waals surface area contributed by atoms with Gasteiger partial charge in [-0.2, -0.15) is 13.2 Å². The van der Waals surface area contributed by atoms with E-state index in [1.807, 2.05) is 0 Å². The Bertz CT molecular complexity index is 619. The fraction of sp³-hybridized carbons (Fsp3) is 0.133. The third kappa shape index (κ3) is 3.98. The van der Waals surface area contributed by atoms with Crippen molar-refractivity contribution in [2.24, 2.45) is 5.73 Å². The van der Waals surface area contributed by atoms with E-state index in [0.29, 0.717) is 12.1 Å². The summed E-state index contributed by atoms with van der Waals surface area (Å²) < 4.78 is 37.3. The van der Waals surface area contributed by atoms with Crippen LogP contribution < -0.4 is 11.1 Å². The number of hydrogen-bond donors (Lipinski definition) is 2. The van der Waals surface area contributed by atoms with Gasteiger partial charge in [-0.05, 0) is 42.0 Å². The lowest BCUT2D eigenvalue weighted by atomic mass is 10.1. The minimum absolute atomic E-state index is 0.383. The van der Waals surface area contributed by atoms with E-state index in [-0.39, 0.29) is 0 Å². The Morgan fingerprint density at radius 3 is 2.05 bits per heavy atom. The molecule has 6 heteroatoms. The van der Waals surface area contributed by atoms with Crippen LogP contribution in [0.25, 0.3) is 0 Å². The molecule has 0 saturated heterocycles. The summed E-state index contributed by atoms with van der Waals surface area (Å²) in [6.45, 7) is 0.383. The SMILES string of the molecule is NC(=O)c1ccc(NCc2ccc(C(F)(F)F)cc2)cc1. The summed E-state index contributed by atoms with van der Waals surface area (Å²) in [4.78, 5) is 10.9. The van der Waals surface area contributed by atoms with E-state index in [4.69, 9.17) is 5.73 Å². The highest BCUT2D eigenvalue weighted by Crippen LogP contribution is 2.29. The first-order chi connectivity index (χ1) is 9.86. The van der Waals surface area contributed by atoms with Gasteiger partial charge in [-0.1, -0.05) is 12.1 Å². The summed E-state index contributed by atoms with van der Waals surface area (Å²) in [5, 5.41) is 3.05. The summed E-state index contributed by atoms with van der Waals surface area (Å²) in [6.07, 6.45) is -4.32. The lowest BCUT2D eigenvalue weighted by Crippen LogP contribution is -2.10. The fourth-order valence-corrected chi connectivity index (χ4v) is 1.77. The van der Waals surface area contributed by atoms with Gasteiger partial charge in [0, 0.05) is 17.8 Å². The molecule has 0 aliphatic rings. The highest BCUT2D eigenvalue weighted by molar-refractivity contribution is 5.93. The van der Waals surface area contributed by atoms with Crippen LogP contribution in [-0.2, 0) is 12.7 Å². The standard InChI is InChI=1S/C15H13F3N2O/c16-15(17,18)12-5-1-10(2-6-12)9-20-13-7-3-11(4-8-13)14(19)21/h1-8,20H,9H2,(H2,19,21). The van der Waals surface area contributed by atoms with Gasteiger partial charge >= 0.3 is 6.18 Å². The number of anilines is 1. The maximum absolute atomic E-state index is 12.4. The molecule has 0 atom stereocenters. The van der Waals surface area contributed by atoms with E-state index < -0.39 is 17.6 Å². The maximum Gasteiger partial charge on any atom is 0.416 e. The number of amides is 1. The quantitative estimate of drug-likeness (QED) is 0.908. The van der Waals surface area contributed by atoms with Gasteiger partial charge in [-0.15, -0.1) is 0 Å². The summed E-state index contributed by atoms with van der Waals surface area (Å²) in [5.41, 5.74) is 6.33. The molecule has 3 nitrogen and oxygen atoms in total. The minimum atomic E-state index is -4.32. The molecule has 1 amide bonds. The second-order valence-corrected chi connectivity index (χ2v) is 4.49. The Labute approximate surface area is 119 Å². The van der Waals surface area contributed by atoms with Crippen LogP contribution in [0.3, 0.4) is 0 Å². The molecule has 2 aromatic rings. The topological polar surface area (TPSA) is 55.1 Å². The number of carbonyl (C=O) groups excluding carboxylic acids is 1. The van der Waals surface area contributed by atoms with Crippen molar-refractivity contribution in [2.75, 3.05) is 5.32 Å². The molecule has 110 valence electrons. The van der Waals surface area contributed by atoms with Gasteiger partial charge in [0.1, 0.15) is 0 Å². The second kappa shape index (κ2) is 5.87. The van der Waals surface area contributed by atoms with E-state index in [9.17, 15) is 18.0 Å². The molecule has 2 rings (SSSR count). The van der Waals surface area contributed by atoms with E-state index in [0.717, 1.165) is 23.4 Å². The monoisotopic (exact) mass is 294 g/mol. The minimum Gasteiger partial charge on any atom is -0.381 e. The summed E-state index contributed by atoms with van der Waals surface area (Å²) in [5.74, 6) is -0.510. The number of primary amides is 1. The van der Waals surface area contributed by atoms with Crippen molar-refractivity contribution >= 4 is 11.6 Å². The molecule has 0 unspecified atom stereocenters. The second-order valence-electron chi connectivity index (χ2n) is 4.49. The zero-order chi connectivity index (χ0) is 15.5. The molecule has 3 N–H and O–H groups in total. The Morgan fingerprint density at radius 2 is 1.57 bits per heavy atom. The number of nitrogens with two attached hydrogens (primary N) is 1. The average molecular weight is 294 g/mol. The molecule has 0 aliphatic carbocycles. The highest BCUT2D eigenvalue weighted by atomic mass is 19.4. The average Bonchev–Trinajstić information content (AvgIpc) is 2.45. The van der Waals surface area contributed by atoms with Crippen LogP contribution >= 0.6 is 0 Å². The summed E-state index contributed by atoms with van der Waals surface area (Å²) >= 11 is 0. The van der Waals surface area contributed by atoms with Gasteiger partial charge in [0.25, 0.3) is 0 Å². The van der Waals surface area contributed by atoms with E-state index >= 15 is 0 Å². The molecule has 0 radical (unpaired) electrons. The van der Waals surface area contributed by atoms with Gasteiger partial charge in [0.15, 0.2) is 0 Å². The van der Waals surface area contributed by atoms with Gasteiger partial charge in [0.2, 0.25) is 5.91 Å².